The third-order valence-electron chi connectivity index (χ3n) is 3.41. The molecule has 0 fully saturated rings. The Bertz CT molecular complexity index is 584. The summed E-state index contributed by atoms with van der Waals surface area (Å²) in [5.74, 6) is 0. The van der Waals surface area contributed by atoms with E-state index in [-0.39, 0.29) is 10.8 Å². The van der Waals surface area contributed by atoms with Gasteiger partial charge in [-0.3, -0.25) is 9.97 Å². The van der Waals surface area contributed by atoms with E-state index < -0.39 is 0 Å². The summed E-state index contributed by atoms with van der Waals surface area (Å²) in [6, 6.07) is 10.4. The highest BCUT2D eigenvalue weighted by Crippen LogP contribution is 2.25. The maximum Gasteiger partial charge on any atom is 0.0889 e. The Morgan fingerprint density at radius 1 is 0.750 bits per heavy atom. The number of aromatic nitrogens is 2. The fourth-order valence-corrected chi connectivity index (χ4v) is 1.98. The molecule has 0 aromatic carbocycles. The predicted molar refractivity (Wildman–Crippen MR) is 84.9 cm³/mol. The Kier molecular flexibility index (Phi) is 3.68. The second-order valence-electron chi connectivity index (χ2n) is 7.34. The first kappa shape index (κ1) is 14.7. The third kappa shape index (κ3) is 3.24. The molecule has 0 saturated heterocycles. The molecule has 2 aromatic rings. The molecule has 20 heavy (non-hydrogen) atoms. The van der Waals surface area contributed by atoms with Gasteiger partial charge >= 0.3 is 0 Å². The number of pyridine rings is 2. The zero-order valence-electron chi connectivity index (χ0n) is 13.4. The van der Waals surface area contributed by atoms with Crippen molar-refractivity contribution in [1.29, 1.82) is 0 Å². The lowest BCUT2D eigenvalue weighted by molar-refractivity contribution is 0.569. The fourth-order valence-electron chi connectivity index (χ4n) is 1.98. The van der Waals surface area contributed by atoms with Crippen LogP contribution in [-0.4, -0.2) is 9.97 Å². The van der Waals surface area contributed by atoms with Crippen molar-refractivity contribution in [2.75, 3.05) is 0 Å². The number of hydrogen-bond donors (Lipinski definition) is 0. The van der Waals surface area contributed by atoms with Gasteiger partial charge in [0, 0.05) is 17.3 Å². The van der Waals surface area contributed by atoms with E-state index in [0.29, 0.717) is 0 Å². The Hall–Kier alpha value is -1.70. The summed E-state index contributed by atoms with van der Waals surface area (Å²) in [4.78, 5) is 9.32. The smallest absolute Gasteiger partial charge is 0.0889 e. The van der Waals surface area contributed by atoms with Crippen molar-refractivity contribution < 1.29 is 0 Å². The first-order chi connectivity index (χ1) is 9.18. The molecule has 0 unspecified atom stereocenters. The van der Waals surface area contributed by atoms with E-state index in [1.807, 2.05) is 12.3 Å². The van der Waals surface area contributed by atoms with E-state index in [1.165, 1.54) is 5.56 Å². The minimum atomic E-state index is 0.0569. The molecule has 0 saturated carbocycles. The maximum absolute atomic E-state index is 4.74. The molecule has 2 heteroatoms. The van der Waals surface area contributed by atoms with Gasteiger partial charge in [-0.25, -0.2) is 0 Å². The topological polar surface area (TPSA) is 25.8 Å². The van der Waals surface area contributed by atoms with Gasteiger partial charge in [0.15, 0.2) is 0 Å². The van der Waals surface area contributed by atoms with Crippen LogP contribution in [-0.2, 0) is 10.8 Å². The first-order valence-corrected chi connectivity index (χ1v) is 7.12. The highest BCUT2D eigenvalue weighted by Gasteiger charge is 2.17. The van der Waals surface area contributed by atoms with Gasteiger partial charge in [0.25, 0.3) is 0 Å². The largest absolute Gasteiger partial charge is 0.254 e. The van der Waals surface area contributed by atoms with E-state index in [1.54, 1.807) is 0 Å². The zero-order valence-corrected chi connectivity index (χ0v) is 13.4. The number of hydrogen-bond acceptors (Lipinski definition) is 2. The van der Waals surface area contributed by atoms with Crippen LogP contribution < -0.4 is 0 Å². The van der Waals surface area contributed by atoms with Crippen molar-refractivity contribution in [2.45, 2.75) is 52.4 Å². The summed E-state index contributed by atoms with van der Waals surface area (Å²) in [6.07, 6.45) is 1.96. The molecular weight excluding hydrogens is 244 g/mol. The van der Waals surface area contributed by atoms with Crippen LogP contribution in [0.5, 0.6) is 0 Å². The van der Waals surface area contributed by atoms with Crippen LogP contribution >= 0.6 is 0 Å². The fraction of sp³-hybridized carbons (Fsp3) is 0.444. The molecule has 0 radical (unpaired) electrons. The zero-order chi connectivity index (χ0) is 15.0. The van der Waals surface area contributed by atoms with Crippen molar-refractivity contribution in [1.82, 2.24) is 9.97 Å². The van der Waals surface area contributed by atoms with Crippen LogP contribution in [0.1, 0.15) is 52.8 Å². The van der Waals surface area contributed by atoms with Gasteiger partial charge in [-0.05, 0) is 29.2 Å². The normalized spacial score (nSPS) is 12.5. The van der Waals surface area contributed by atoms with Crippen molar-refractivity contribution in [3.8, 4) is 11.4 Å². The quantitative estimate of drug-likeness (QED) is 0.746. The van der Waals surface area contributed by atoms with Gasteiger partial charge in [0.05, 0.1) is 11.4 Å². The second-order valence-corrected chi connectivity index (χ2v) is 7.34. The third-order valence-corrected chi connectivity index (χ3v) is 3.41. The van der Waals surface area contributed by atoms with Gasteiger partial charge in [0.2, 0.25) is 0 Å². The Labute approximate surface area is 122 Å². The van der Waals surface area contributed by atoms with Crippen LogP contribution in [0, 0.1) is 0 Å². The molecule has 0 aliphatic carbocycles. The minimum Gasteiger partial charge on any atom is -0.254 e. The average molecular weight is 268 g/mol. The molecule has 2 rings (SSSR count). The monoisotopic (exact) mass is 268 g/mol. The molecule has 0 amide bonds. The molecule has 106 valence electrons. The minimum absolute atomic E-state index is 0.0569. The molecule has 0 atom stereocenters. The molecule has 2 heterocycles. The summed E-state index contributed by atoms with van der Waals surface area (Å²) in [6.45, 7) is 13.1. The SMILES string of the molecule is CC(C)(C)c1ccc(-c2cccc(C(C)(C)C)n2)nc1. The van der Waals surface area contributed by atoms with Crippen molar-refractivity contribution in [3.05, 3.63) is 47.8 Å². The number of rotatable bonds is 1. The first-order valence-electron chi connectivity index (χ1n) is 7.12. The Morgan fingerprint density at radius 2 is 1.45 bits per heavy atom. The summed E-state index contributed by atoms with van der Waals surface area (Å²) in [7, 11) is 0. The standard InChI is InChI=1S/C18H24N2/c1-17(2,3)13-10-11-14(19-12-13)15-8-7-9-16(20-15)18(4,5)6/h7-12H,1-6H3. The van der Waals surface area contributed by atoms with E-state index in [4.69, 9.17) is 4.98 Å². The van der Waals surface area contributed by atoms with Gasteiger partial charge in [-0.1, -0.05) is 53.7 Å². The van der Waals surface area contributed by atoms with E-state index in [9.17, 15) is 0 Å². The van der Waals surface area contributed by atoms with Crippen molar-refractivity contribution >= 4 is 0 Å². The molecular formula is C18H24N2. The molecule has 0 bridgehead atoms. The lowest BCUT2D eigenvalue weighted by atomic mass is 9.88. The van der Waals surface area contributed by atoms with Crippen LogP contribution in [0.3, 0.4) is 0 Å². The molecule has 2 aromatic heterocycles. The molecule has 0 aliphatic rings. The lowest BCUT2D eigenvalue weighted by Crippen LogP contribution is -2.14. The van der Waals surface area contributed by atoms with E-state index in [2.05, 4.69) is 70.8 Å². The summed E-state index contributed by atoms with van der Waals surface area (Å²) >= 11 is 0. The molecule has 0 spiro atoms. The van der Waals surface area contributed by atoms with Crippen LogP contribution in [0.25, 0.3) is 11.4 Å². The maximum atomic E-state index is 4.74. The van der Waals surface area contributed by atoms with E-state index in [0.717, 1.165) is 17.1 Å². The average Bonchev–Trinajstić information content (AvgIpc) is 2.37. The summed E-state index contributed by atoms with van der Waals surface area (Å²) in [5.41, 5.74) is 4.40. The summed E-state index contributed by atoms with van der Waals surface area (Å²) in [5, 5.41) is 0. The van der Waals surface area contributed by atoms with Crippen LogP contribution in [0.15, 0.2) is 36.5 Å². The van der Waals surface area contributed by atoms with E-state index >= 15 is 0 Å². The van der Waals surface area contributed by atoms with Crippen LogP contribution in [0.4, 0.5) is 0 Å². The van der Waals surface area contributed by atoms with Gasteiger partial charge in [0.1, 0.15) is 0 Å². The van der Waals surface area contributed by atoms with Gasteiger partial charge in [-0.2, -0.15) is 0 Å². The molecule has 0 N–H and O–H groups in total. The van der Waals surface area contributed by atoms with Gasteiger partial charge in [-0.15, -0.1) is 0 Å². The number of nitrogens with zero attached hydrogens (tertiary/aromatic N) is 2. The highest BCUT2D eigenvalue weighted by molar-refractivity contribution is 5.54. The van der Waals surface area contributed by atoms with Crippen molar-refractivity contribution in [3.63, 3.8) is 0 Å². The molecule has 0 aliphatic heterocycles. The highest BCUT2D eigenvalue weighted by atomic mass is 14.8. The predicted octanol–water partition coefficient (Wildman–Crippen LogP) is 4.74. The van der Waals surface area contributed by atoms with Crippen LogP contribution in [0.2, 0.25) is 0 Å². The molecule has 2 nitrogen and oxygen atoms in total. The van der Waals surface area contributed by atoms with Gasteiger partial charge < -0.3 is 0 Å². The second kappa shape index (κ2) is 5.01. The Morgan fingerprint density at radius 3 is 1.95 bits per heavy atom. The lowest BCUT2D eigenvalue weighted by Gasteiger charge is -2.19. The van der Waals surface area contributed by atoms with Crippen molar-refractivity contribution in [2.24, 2.45) is 0 Å². The Balaban J connectivity index is 2.38. The summed E-state index contributed by atoms with van der Waals surface area (Å²) < 4.78 is 0.